The van der Waals surface area contributed by atoms with Gasteiger partial charge in [-0.3, -0.25) is 0 Å². The number of ether oxygens (including phenoxy) is 1. The zero-order valence-corrected chi connectivity index (χ0v) is 15.2. The quantitative estimate of drug-likeness (QED) is 0.583. The second-order valence-electron chi connectivity index (χ2n) is 5.21. The van der Waals surface area contributed by atoms with Gasteiger partial charge in [0.2, 0.25) is 0 Å². The number of hydrogen-bond acceptors (Lipinski definition) is 3. The summed E-state index contributed by atoms with van der Waals surface area (Å²) in [6.45, 7) is 9.42. The van der Waals surface area contributed by atoms with Crippen LogP contribution in [0.1, 0.15) is 43.9 Å². The van der Waals surface area contributed by atoms with Crippen molar-refractivity contribution in [3.63, 3.8) is 0 Å². The highest BCUT2D eigenvalue weighted by molar-refractivity contribution is 6.23. The summed E-state index contributed by atoms with van der Waals surface area (Å²) in [6, 6.07) is 6.24. The molecule has 23 heavy (non-hydrogen) atoms. The molecule has 0 heterocycles. The summed E-state index contributed by atoms with van der Waals surface area (Å²) >= 11 is 6.56. The number of hydrogen-bond donors (Lipinski definition) is 2. The normalized spacial score (nSPS) is 12.8. The number of aliphatic carboxylic acids is 1. The van der Waals surface area contributed by atoms with Crippen LogP contribution in [0.5, 0.6) is 0 Å². The highest BCUT2D eigenvalue weighted by atomic mass is 35.5. The highest BCUT2D eigenvalue weighted by Gasteiger charge is 2.30. The molecule has 0 aliphatic carbocycles. The number of carbonyl (C=O) groups is 1. The predicted octanol–water partition coefficient (Wildman–Crippen LogP) is 3.85. The SMILES string of the molecule is C=C(C)C(=O)O.CCc1cccc(C(Cl)(CCN)OC)c1CC. The topological polar surface area (TPSA) is 72.5 Å². The molecule has 0 spiro atoms. The zero-order valence-electron chi connectivity index (χ0n) is 14.5. The van der Waals surface area contributed by atoms with Gasteiger partial charge in [-0.25, -0.2) is 4.79 Å². The van der Waals surface area contributed by atoms with Crippen LogP contribution in [0.25, 0.3) is 0 Å². The number of carboxylic acid groups (broad SMARTS) is 1. The maximum atomic E-state index is 9.60. The Balaban J connectivity index is 0.000000688. The van der Waals surface area contributed by atoms with Gasteiger partial charge < -0.3 is 15.6 Å². The molecule has 1 unspecified atom stereocenters. The summed E-state index contributed by atoms with van der Waals surface area (Å²) in [5.41, 5.74) is 9.49. The van der Waals surface area contributed by atoms with E-state index in [-0.39, 0.29) is 5.57 Å². The monoisotopic (exact) mass is 341 g/mol. The van der Waals surface area contributed by atoms with Gasteiger partial charge in [-0.2, -0.15) is 0 Å². The lowest BCUT2D eigenvalue weighted by molar-refractivity contribution is -0.132. The summed E-state index contributed by atoms with van der Waals surface area (Å²) in [7, 11) is 1.64. The molecule has 1 aromatic rings. The minimum Gasteiger partial charge on any atom is -0.478 e. The van der Waals surface area contributed by atoms with Crippen molar-refractivity contribution in [3.8, 4) is 0 Å². The van der Waals surface area contributed by atoms with Gasteiger partial charge in [0.25, 0.3) is 0 Å². The lowest BCUT2D eigenvalue weighted by Crippen LogP contribution is -2.27. The number of methoxy groups -OCH3 is 1. The third-order valence-corrected chi connectivity index (χ3v) is 4.11. The number of halogens is 1. The molecule has 5 heteroatoms. The van der Waals surface area contributed by atoms with Crippen LogP contribution in [0.2, 0.25) is 0 Å². The molecule has 0 aliphatic rings. The van der Waals surface area contributed by atoms with Crippen molar-refractivity contribution in [2.45, 2.75) is 45.1 Å². The molecule has 4 nitrogen and oxygen atoms in total. The van der Waals surface area contributed by atoms with Gasteiger partial charge in [-0.1, -0.05) is 50.2 Å². The molecule has 0 amide bonds. The minimum absolute atomic E-state index is 0.176. The fraction of sp³-hybridized carbons (Fsp3) is 0.500. The van der Waals surface area contributed by atoms with Crippen molar-refractivity contribution in [2.75, 3.05) is 13.7 Å². The van der Waals surface area contributed by atoms with E-state index in [9.17, 15) is 4.79 Å². The number of alkyl halides is 1. The van der Waals surface area contributed by atoms with Gasteiger partial charge in [0, 0.05) is 24.7 Å². The van der Waals surface area contributed by atoms with E-state index in [1.807, 2.05) is 12.1 Å². The molecule has 3 N–H and O–H groups in total. The average Bonchev–Trinajstić information content (AvgIpc) is 2.54. The van der Waals surface area contributed by atoms with Gasteiger partial charge in [0.15, 0.2) is 5.06 Å². The van der Waals surface area contributed by atoms with Crippen LogP contribution in [-0.2, 0) is 27.4 Å². The number of carboxylic acids is 1. The summed E-state index contributed by atoms with van der Waals surface area (Å²) in [6.07, 6.45) is 2.59. The fourth-order valence-corrected chi connectivity index (χ4v) is 2.55. The molecule has 0 aromatic heterocycles. The first kappa shape index (κ1) is 21.6. The van der Waals surface area contributed by atoms with E-state index in [1.54, 1.807) is 7.11 Å². The molecule has 0 bridgehead atoms. The molecular weight excluding hydrogens is 314 g/mol. The summed E-state index contributed by atoms with van der Waals surface area (Å²) in [5, 5.41) is 7.10. The lowest BCUT2D eigenvalue weighted by Gasteiger charge is -2.28. The standard InChI is InChI=1S/C14H22ClNO.C4H6O2/c1-4-11-7-6-8-13(12(11)5-2)14(15,17-3)9-10-16;1-3(2)4(5)6/h6-8H,4-5,9-10,16H2,1-3H3;1H2,2H3,(H,5,6). The molecule has 130 valence electrons. The molecular formula is C18H28ClNO3. The van der Waals surface area contributed by atoms with E-state index in [0.29, 0.717) is 13.0 Å². The molecule has 1 aromatic carbocycles. The molecule has 0 saturated heterocycles. The number of rotatable bonds is 7. The lowest BCUT2D eigenvalue weighted by atomic mass is 9.92. The Labute approximate surface area is 144 Å². The Hall–Kier alpha value is -1.36. The summed E-state index contributed by atoms with van der Waals surface area (Å²) in [5.74, 6) is -0.935. The van der Waals surface area contributed by atoms with Gasteiger partial charge in [-0.05, 0) is 37.4 Å². The van der Waals surface area contributed by atoms with E-state index in [0.717, 1.165) is 18.4 Å². The van der Waals surface area contributed by atoms with Crippen molar-refractivity contribution < 1.29 is 14.6 Å². The van der Waals surface area contributed by atoms with Gasteiger partial charge in [0.1, 0.15) is 0 Å². The smallest absolute Gasteiger partial charge is 0.330 e. The molecule has 1 rings (SSSR count). The van der Waals surface area contributed by atoms with Crippen LogP contribution >= 0.6 is 11.6 Å². The van der Waals surface area contributed by atoms with Crippen LogP contribution in [-0.4, -0.2) is 24.7 Å². The zero-order chi connectivity index (χ0) is 18.0. The fourth-order valence-electron chi connectivity index (χ4n) is 2.27. The first-order valence-electron chi connectivity index (χ1n) is 7.71. The minimum atomic E-state index is -0.935. The molecule has 0 radical (unpaired) electrons. The van der Waals surface area contributed by atoms with Gasteiger partial charge >= 0.3 is 5.97 Å². The van der Waals surface area contributed by atoms with Crippen LogP contribution in [0.4, 0.5) is 0 Å². The van der Waals surface area contributed by atoms with Crippen molar-refractivity contribution in [3.05, 3.63) is 47.0 Å². The number of nitrogens with two attached hydrogens (primary N) is 1. The van der Waals surface area contributed by atoms with Crippen LogP contribution in [0.15, 0.2) is 30.4 Å². The van der Waals surface area contributed by atoms with E-state index in [2.05, 4.69) is 26.5 Å². The van der Waals surface area contributed by atoms with E-state index >= 15 is 0 Å². The van der Waals surface area contributed by atoms with Crippen LogP contribution in [0.3, 0.4) is 0 Å². The Bertz CT molecular complexity index is 519. The third kappa shape index (κ3) is 6.34. The van der Waals surface area contributed by atoms with E-state index in [4.69, 9.17) is 27.2 Å². The highest BCUT2D eigenvalue weighted by Crippen LogP contribution is 2.36. The Morgan fingerprint density at radius 2 is 1.96 bits per heavy atom. The summed E-state index contributed by atoms with van der Waals surface area (Å²) < 4.78 is 5.49. The number of aryl methyl sites for hydroxylation is 1. The van der Waals surface area contributed by atoms with Crippen molar-refractivity contribution in [1.29, 1.82) is 0 Å². The maximum absolute atomic E-state index is 9.60. The first-order valence-corrected chi connectivity index (χ1v) is 8.09. The first-order chi connectivity index (χ1) is 10.8. The summed E-state index contributed by atoms with van der Waals surface area (Å²) in [4.78, 5) is 9.60. The van der Waals surface area contributed by atoms with Crippen molar-refractivity contribution in [1.82, 2.24) is 0 Å². The second kappa shape index (κ2) is 10.4. The molecule has 0 saturated carbocycles. The molecule has 0 fully saturated rings. The Kier molecular flexibility index (Phi) is 9.80. The molecule has 0 aliphatic heterocycles. The third-order valence-electron chi connectivity index (χ3n) is 3.56. The maximum Gasteiger partial charge on any atom is 0.330 e. The predicted molar refractivity (Wildman–Crippen MR) is 95.9 cm³/mol. The van der Waals surface area contributed by atoms with Gasteiger partial charge in [0.05, 0.1) is 0 Å². The van der Waals surface area contributed by atoms with Gasteiger partial charge in [-0.15, -0.1) is 0 Å². The molecule has 1 atom stereocenters. The van der Waals surface area contributed by atoms with Crippen molar-refractivity contribution >= 4 is 17.6 Å². The van der Waals surface area contributed by atoms with Crippen LogP contribution in [0, 0.1) is 0 Å². The Morgan fingerprint density at radius 3 is 2.30 bits per heavy atom. The van der Waals surface area contributed by atoms with Crippen LogP contribution < -0.4 is 5.73 Å². The van der Waals surface area contributed by atoms with E-state index < -0.39 is 11.0 Å². The van der Waals surface area contributed by atoms with Crippen molar-refractivity contribution in [2.24, 2.45) is 5.73 Å². The average molecular weight is 342 g/mol. The number of benzene rings is 1. The largest absolute Gasteiger partial charge is 0.478 e. The van der Waals surface area contributed by atoms with E-state index in [1.165, 1.54) is 18.1 Å². The Morgan fingerprint density at radius 1 is 1.39 bits per heavy atom. The second-order valence-corrected chi connectivity index (χ2v) is 5.82.